The van der Waals surface area contributed by atoms with E-state index in [1.54, 1.807) is 53.5 Å². The number of halogens is 4. The van der Waals surface area contributed by atoms with E-state index in [9.17, 15) is 14.4 Å². The van der Waals surface area contributed by atoms with Gasteiger partial charge in [0.25, 0.3) is 0 Å². The van der Waals surface area contributed by atoms with Gasteiger partial charge in [-0.1, -0.05) is 102 Å². The maximum atomic E-state index is 13.4. The summed E-state index contributed by atoms with van der Waals surface area (Å²) in [4.78, 5) is 38.5. The molecule has 3 aromatic rings. The van der Waals surface area contributed by atoms with Crippen LogP contribution in [-0.4, -0.2) is 42.1 Å². The first-order valence-electron chi connectivity index (χ1n) is 14.7. The molecular formula is C35H37Cl4N3O3. The van der Waals surface area contributed by atoms with E-state index < -0.39 is 0 Å². The van der Waals surface area contributed by atoms with Crippen LogP contribution in [0.4, 0.5) is 0 Å². The quantitative estimate of drug-likeness (QED) is 0.156. The van der Waals surface area contributed by atoms with Crippen LogP contribution in [0.25, 0.3) is 12.2 Å². The van der Waals surface area contributed by atoms with Crippen LogP contribution in [0.2, 0.25) is 20.1 Å². The lowest BCUT2D eigenvalue weighted by molar-refractivity contribution is -0.131. The van der Waals surface area contributed by atoms with Gasteiger partial charge in [-0.2, -0.15) is 0 Å². The SMILES string of the molecule is NCCCCCCC(N)=O.O=C1/C(=C/c2ccc(Cl)c(Cl)c2)CN(C(=O)CCc2ccccc2)C/C1=C\c1ccc(Cl)c(Cl)c1. The van der Waals surface area contributed by atoms with Crippen LogP contribution in [-0.2, 0) is 20.8 Å². The zero-order chi connectivity index (χ0) is 32.8. The number of aryl methyl sites for hydroxylation is 1. The summed E-state index contributed by atoms with van der Waals surface area (Å²) in [7, 11) is 0. The highest BCUT2D eigenvalue weighted by Gasteiger charge is 2.29. The lowest BCUT2D eigenvalue weighted by atomic mass is 9.93. The normalized spacial score (nSPS) is 14.8. The van der Waals surface area contributed by atoms with Crippen LogP contribution < -0.4 is 11.5 Å². The van der Waals surface area contributed by atoms with E-state index in [1.165, 1.54) is 0 Å². The van der Waals surface area contributed by atoms with E-state index in [1.807, 2.05) is 30.3 Å². The molecule has 0 atom stereocenters. The molecule has 0 radical (unpaired) electrons. The van der Waals surface area contributed by atoms with Crippen LogP contribution in [0.3, 0.4) is 0 Å². The maximum Gasteiger partial charge on any atom is 0.223 e. The second kappa shape index (κ2) is 18.7. The van der Waals surface area contributed by atoms with Gasteiger partial charge in [0.1, 0.15) is 0 Å². The van der Waals surface area contributed by atoms with Crippen molar-refractivity contribution in [1.29, 1.82) is 0 Å². The van der Waals surface area contributed by atoms with Crippen LogP contribution >= 0.6 is 46.4 Å². The molecule has 4 rings (SSSR count). The van der Waals surface area contributed by atoms with Gasteiger partial charge in [-0.05, 0) is 78.9 Å². The van der Waals surface area contributed by atoms with Gasteiger partial charge in [-0.15, -0.1) is 0 Å². The summed E-state index contributed by atoms with van der Waals surface area (Å²) >= 11 is 24.4. The lowest BCUT2D eigenvalue weighted by Crippen LogP contribution is -2.41. The Morgan fingerprint density at radius 2 is 1.24 bits per heavy atom. The van der Waals surface area contributed by atoms with Crippen molar-refractivity contribution in [3.63, 3.8) is 0 Å². The Bertz CT molecular complexity index is 1470. The maximum absolute atomic E-state index is 13.4. The molecule has 238 valence electrons. The van der Waals surface area contributed by atoms with Crippen molar-refractivity contribution in [2.24, 2.45) is 11.5 Å². The fourth-order valence-corrected chi connectivity index (χ4v) is 5.29. The molecule has 0 aliphatic carbocycles. The molecule has 0 saturated carbocycles. The molecule has 0 aromatic heterocycles. The van der Waals surface area contributed by atoms with E-state index in [0.29, 0.717) is 50.5 Å². The molecule has 2 amide bonds. The zero-order valence-corrected chi connectivity index (χ0v) is 27.9. The molecular weight excluding hydrogens is 652 g/mol. The molecule has 1 aliphatic rings. The number of piperidine rings is 1. The number of nitrogens with two attached hydrogens (primary N) is 2. The Morgan fingerprint density at radius 1 is 0.711 bits per heavy atom. The zero-order valence-electron chi connectivity index (χ0n) is 24.9. The Kier molecular flexibility index (Phi) is 15.1. The predicted octanol–water partition coefficient (Wildman–Crippen LogP) is 8.19. The van der Waals surface area contributed by atoms with Gasteiger partial charge in [0.2, 0.25) is 11.8 Å². The van der Waals surface area contributed by atoms with Crippen molar-refractivity contribution in [2.45, 2.75) is 44.9 Å². The molecule has 3 aromatic carbocycles. The highest BCUT2D eigenvalue weighted by atomic mass is 35.5. The molecule has 1 saturated heterocycles. The summed E-state index contributed by atoms with van der Waals surface area (Å²) in [5.74, 6) is -0.358. The average molecular weight is 690 g/mol. The molecule has 4 N–H and O–H groups in total. The van der Waals surface area contributed by atoms with Crippen LogP contribution in [0.15, 0.2) is 77.9 Å². The van der Waals surface area contributed by atoms with Gasteiger partial charge in [-0.25, -0.2) is 0 Å². The van der Waals surface area contributed by atoms with E-state index >= 15 is 0 Å². The van der Waals surface area contributed by atoms with E-state index in [2.05, 4.69) is 0 Å². The van der Waals surface area contributed by atoms with Gasteiger partial charge >= 0.3 is 0 Å². The smallest absolute Gasteiger partial charge is 0.223 e. The number of carbonyl (C=O) groups excluding carboxylic acids is 3. The number of rotatable bonds is 11. The van der Waals surface area contributed by atoms with Gasteiger partial charge in [0, 0.05) is 37.1 Å². The fraction of sp³-hybridized carbons (Fsp3) is 0.286. The highest BCUT2D eigenvalue weighted by molar-refractivity contribution is 6.42. The first-order chi connectivity index (χ1) is 21.6. The number of unbranched alkanes of at least 4 members (excludes halogenated alkanes) is 3. The van der Waals surface area contributed by atoms with Crippen molar-refractivity contribution in [3.8, 4) is 0 Å². The lowest BCUT2D eigenvalue weighted by Gasteiger charge is -2.30. The first kappa shape index (κ1) is 36.3. The molecule has 45 heavy (non-hydrogen) atoms. The van der Waals surface area contributed by atoms with Gasteiger partial charge in [0.05, 0.1) is 20.1 Å². The molecule has 1 heterocycles. The van der Waals surface area contributed by atoms with Crippen molar-refractivity contribution in [3.05, 3.63) is 115 Å². The van der Waals surface area contributed by atoms with Crippen LogP contribution in [0, 0.1) is 0 Å². The number of benzene rings is 3. The number of hydrogen-bond acceptors (Lipinski definition) is 4. The van der Waals surface area contributed by atoms with E-state index in [4.69, 9.17) is 57.9 Å². The van der Waals surface area contributed by atoms with Gasteiger partial charge < -0.3 is 16.4 Å². The average Bonchev–Trinajstić information content (AvgIpc) is 3.02. The summed E-state index contributed by atoms with van der Waals surface area (Å²) in [6, 6.07) is 20.2. The molecule has 0 spiro atoms. The number of amides is 2. The van der Waals surface area contributed by atoms with Gasteiger partial charge in [0.15, 0.2) is 5.78 Å². The molecule has 1 fully saturated rings. The molecule has 0 unspecified atom stereocenters. The summed E-state index contributed by atoms with van der Waals surface area (Å²) in [5, 5.41) is 1.65. The van der Waals surface area contributed by atoms with E-state index in [-0.39, 0.29) is 30.7 Å². The second-order valence-corrected chi connectivity index (χ2v) is 12.3. The Morgan fingerprint density at radius 3 is 1.73 bits per heavy atom. The summed E-state index contributed by atoms with van der Waals surface area (Å²) in [6.45, 7) is 1.17. The van der Waals surface area contributed by atoms with Crippen LogP contribution in [0.5, 0.6) is 0 Å². The third-order valence-corrected chi connectivity index (χ3v) is 8.55. The number of likely N-dealkylation sites (tertiary alicyclic amines) is 1. The number of nitrogens with zero attached hydrogens (tertiary/aromatic N) is 1. The second-order valence-electron chi connectivity index (χ2n) is 10.7. The monoisotopic (exact) mass is 687 g/mol. The predicted molar refractivity (Wildman–Crippen MR) is 187 cm³/mol. The summed E-state index contributed by atoms with van der Waals surface area (Å²) in [6.07, 6.45) is 9.15. The third-order valence-electron chi connectivity index (χ3n) is 7.08. The van der Waals surface area contributed by atoms with E-state index in [0.717, 1.165) is 48.9 Å². The number of hydrogen-bond donors (Lipinski definition) is 2. The minimum Gasteiger partial charge on any atom is -0.370 e. The Balaban J connectivity index is 0.000000477. The molecule has 0 bridgehead atoms. The van der Waals surface area contributed by atoms with Crippen LogP contribution in [0.1, 0.15) is 55.2 Å². The summed E-state index contributed by atoms with van der Waals surface area (Å²) < 4.78 is 0. The molecule has 6 nitrogen and oxygen atoms in total. The summed E-state index contributed by atoms with van der Waals surface area (Å²) in [5.41, 5.74) is 13.8. The van der Waals surface area contributed by atoms with Crippen molar-refractivity contribution in [2.75, 3.05) is 19.6 Å². The van der Waals surface area contributed by atoms with Crippen molar-refractivity contribution < 1.29 is 14.4 Å². The fourth-order valence-electron chi connectivity index (χ4n) is 4.67. The van der Waals surface area contributed by atoms with Crippen molar-refractivity contribution >= 4 is 76.2 Å². The van der Waals surface area contributed by atoms with Crippen molar-refractivity contribution in [1.82, 2.24) is 4.90 Å². The third kappa shape index (κ3) is 12.3. The minimum atomic E-state index is -0.201. The number of Topliss-reactive ketones (excluding diaryl/α,β-unsaturated/α-hetero) is 1. The number of ketones is 1. The highest BCUT2D eigenvalue weighted by Crippen LogP contribution is 2.28. The molecule has 1 aliphatic heterocycles. The van der Waals surface area contributed by atoms with Gasteiger partial charge in [-0.3, -0.25) is 14.4 Å². The largest absolute Gasteiger partial charge is 0.370 e. The minimum absolute atomic E-state index is 0.0265. The molecule has 10 heteroatoms. The topological polar surface area (TPSA) is 106 Å². The first-order valence-corrected chi connectivity index (χ1v) is 16.2. The Labute approximate surface area is 285 Å². The number of primary amides is 1. The number of carbonyl (C=O) groups is 3. The Hall–Kier alpha value is -3.13. The standard InChI is InChI=1S/C28H21Cl4NO2.C7H16N2O/c29-23-9-6-19(14-25(23)31)12-21-16-33(27(34)11-8-18-4-2-1-3-5-18)17-22(28(21)35)13-20-7-10-24(30)26(32)15-20;8-6-4-2-1-3-5-7(9)10/h1-7,9-10,12-15H,8,11,16-17H2;1-6,8H2,(H2,9,10)/b21-12+,22-13+;.